The van der Waals surface area contributed by atoms with Gasteiger partial charge in [-0.15, -0.1) is 0 Å². The molecule has 1 atom stereocenters. The predicted molar refractivity (Wildman–Crippen MR) is 77.3 cm³/mol. The summed E-state index contributed by atoms with van der Waals surface area (Å²) in [7, 11) is 1.26. The molecule has 0 aromatic heterocycles. The van der Waals surface area contributed by atoms with Gasteiger partial charge in [-0.25, -0.2) is 13.6 Å². The number of carbonyl (C=O) groups excluding carboxylic acids is 1. The van der Waals surface area contributed by atoms with Gasteiger partial charge in [-0.3, -0.25) is 0 Å². The molecular weight excluding hydrogens is 298 g/mol. The lowest BCUT2D eigenvalue weighted by atomic mass is 9.94. The Morgan fingerprint density at radius 2 is 2.10 bits per heavy atom. The standard InChI is InChI=1S/C14H14F2N2O2S/c1-3-10-11(13(19)20-2)12(18-14(21)17-10)7-4-5-8(15)9(16)6-7/h4-6,12H,3H2,1-2H3,(H2,17,18,21)/t12-/m0/s1. The Kier molecular flexibility index (Phi) is 4.52. The molecule has 0 saturated heterocycles. The van der Waals surface area contributed by atoms with Crippen LogP contribution in [0.2, 0.25) is 0 Å². The van der Waals surface area contributed by atoms with Gasteiger partial charge in [0.2, 0.25) is 0 Å². The minimum absolute atomic E-state index is 0.305. The zero-order valence-electron chi connectivity index (χ0n) is 11.5. The third-order valence-electron chi connectivity index (χ3n) is 3.19. The second kappa shape index (κ2) is 6.17. The number of carbonyl (C=O) groups is 1. The number of methoxy groups -OCH3 is 1. The van der Waals surface area contributed by atoms with Gasteiger partial charge in [-0.1, -0.05) is 13.0 Å². The van der Waals surface area contributed by atoms with Crippen molar-refractivity contribution in [1.82, 2.24) is 10.6 Å². The summed E-state index contributed by atoms with van der Waals surface area (Å²) in [5.41, 5.74) is 1.30. The van der Waals surface area contributed by atoms with E-state index < -0.39 is 23.6 Å². The van der Waals surface area contributed by atoms with Crippen molar-refractivity contribution in [2.45, 2.75) is 19.4 Å². The Bertz CT molecular complexity index is 631. The van der Waals surface area contributed by atoms with Gasteiger partial charge in [0, 0.05) is 5.70 Å². The summed E-state index contributed by atoms with van der Waals surface area (Å²) in [4.78, 5) is 12.0. The van der Waals surface area contributed by atoms with Crippen molar-refractivity contribution in [3.63, 3.8) is 0 Å². The number of allylic oxidation sites excluding steroid dienone is 1. The normalized spacial score (nSPS) is 18.1. The van der Waals surface area contributed by atoms with Crippen LogP contribution in [0, 0.1) is 11.6 Å². The summed E-state index contributed by atoms with van der Waals surface area (Å²) in [5.74, 6) is -2.49. The van der Waals surface area contributed by atoms with E-state index in [-0.39, 0.29) is 0 Å². The Balaban J connectivity index is 2.54. The van der Waals surface area contributed by atoms with Crippen LogP contribution >= 0.6 is 12.2 Å². The second-order valence-electron chi connectivity index (χ2n) is 4.44. The molecule has 0 unspecified atom stereocenters. The summed E-state index contributed by atoms with van der Waals surface area (Å²) in [6, 6.07) is 2.77. The smallest absolute Gasteiger partial charge is 0.337 e. The molecule has 4 nitrogen and oxygen atoms in total. The molecule has 21 heavy (non-hydrogen) atoms. The van der Waals surface area contributed by atoms with Crippen molar-refractivity contribution in [1.29, 1.82) is 0 Å². The third kappa shape index (κ3) is 3.02. The highest BCUT2D eigenvalue weighted by Gasteiger charge is 2.31. The monoisotopic (exact) mass is 312 g/mol. The molecule has 0 spiro atoms. The van der Waals surface area contributed by atoms with Gasteiger partial charge in [0.1, 0.15) is 0 Å². The molecule has 0 fully saturated rings. The summed E-state index contributed by atoms with van der Waals surface area (Å²) in [5, 5.41) is 6.08. The summed E-state index contributed by atoms with van der Waals surface area (Å²) < 4.78 is 31.3. The maximum Gasteiger partial charge on any atom is 0.337 e. The van der Waals surface area contributed by atoms with E-state index in [4.69, 9.17) is 17.0 Å². The van der Waals surface area contributed by atoms with Crippen molar-refractivity contribution in [3.05, 3.63) is 46.7 Å². The van der Waals surface area contributed by atoms with E-state index in [0.29, 0.717) is 28.4 Å². The fourth-order valence-electron chi connectivity index (χ4n) is 2.19. The molecule has 0 bridgehead atoms. The topological polar surface area (TPSA) is 50.4 Å². The van der Waals surface area contributed by atoms with E-state index in [1.165, 1.54) is 13.2 Å². The lowest BCUT2D eigenvalue weighted by Gasteiger charge is -2.30. The molecule has 1 aliphatic rings. The molecule has 0 aliphatic carbocycles. The molecule has 7 heteroatoms. The van der Waals surface area contributed by atoms with Crippen LogP contribution in [0.15, 0.2) is 29.5 Å². The third-order valence-corrected chi connectivity index (χ3v) is 3.41. The molecule has 1 aromatic carbocycles. The predicted octanol–water partition coefficient (Wildman–Crippen LogP) is 2.32. The van der Waals surface area contributed by atoms with Crippen molar-refractivity contribution in [2.75, 3.05) is 7.11 Å². The highest BCUT2D eigenvalue weighted by Crippen LogP contribution is 2.29. The Morgan fingerprint density at radius 1 is 1.38 bits per heavy atom. The quantitative estimate of drug-likeness (QED) is 0.663. The molecule has 1 aromatic rings. The summed E-state index contributed by atoms with van der Waals surface area (Å²) in [6.07, 6.45) is 0.520. The molecule has 0 amide bonds. The average molecular weight is 312 g/mol. The minimum atomic E-state index is -0.985. The zero-order chi connectivity index (χ0) is 15.6. The molecule has 112 valence electrons. The van der Waals surface area contributed by atoms with Gasteiger partial charge >= 0.3 is 5.97 Å². The molecule has 2 rings (SSSR count). The number of ether oxygens (including phenoxy) is 1. The first-order valence-electron chi connectivity index (χ1n) is 6.31. The molecule has 0 saturated carbocycles. The van der Waals surface area contributed by atoms with Gasteiger partial charge in [0.15, 0.2) is 16.7 Å². The van der Waals surface area contributed by atoms with E-state index in [1.807, 2.05) is 6.92 Å². The van der Waals surface area contributed by atoms with Gasteiger partial charge < -0.3 is 15.4 Å². The highest BCUT2D eigenvalue weighted by molar-refractivity contribution is 7.80. The van der Waals surface area contributed by atoms with Gasteiger partial charge in [0.25, 0.3) is 0 Å². The Hall–Kier alpha value is -2.02. The van der Waals surface area contributed by atoms with Crippen molar-refractivity contribution < 1.29 is 18.3 Å². The lowest BCUT2D eigenvalue weighted by Crippen LogP contribution is -2.45. The largest absolute Gasteiger partial charge is 0.466 e. The first-order valence-corrected chi connectivity index (χ1v) is 6.72. The van der Waals surface area contributed by atoms with Crippen LogP contribution in [0.5, 0.6) is 0 Å². The molecule has 1 aliphatic heterocycles. The average Bonchev–Trinajstić information content (AvgIpc) is 2.48. The van der Waals surface area contributed by atoms with Gasteiger partial charge in [0.05, 0.1) is 18.7 Å². The number of benzene rings is 1. The fourth-order valence-corrected chi connectivity index (χ4v) is 2.43. The van der Waals surface area contributed by atoms with Crippen LogP contribution in [-0.2, 0) is 9.53 Å². The Morgan fingerprint density at radius 3 is 2.67 bits per heavy atom. The molecule has 2 N–H and O–H groups in total. The van der Waals surface area contributed by atoms with Crippen LogP contribution < -0.4 is 10.6 Å². The van der Waals surface area contributed by atoms with E-state index in [9.17, 15) is 13.6 Å². The lowest BCUT2D eigenvalue weighted by molar-refractivity contribution is -0.136. The van der Waals surface area contributed by atoms with Gasteiger partial charge in [-0.05, 0) is 36.3 Å². The number of nitrogens with one attached hydrogen (secondary N) is 2. The van der Waals surface area contributed by atoms with Crippen molar-refractivity contribution in [2.24, 2.45) is 0 Å². The number of esters is 1. The zero-order valence-corrected chi connectivity index (χ0v) is 12.3. The van der Waals surface area contributed by atoms with E-state index >= 15 is 0 Å². The first-order chi connectivity index (χ1) is 9.97. The highest BCUT2D eigenvalue weighted by atomic mass is 32.1. The van der Waals surface area contributed by atoms with Crippen molar-refractivity contribution in [3.8, 4) is 0 Å². The van der Waals surface area contributed by atoms with Crippen LogP contribution in [0.1, 0.15) is 24.9 Å². The molecule has 0 radical (unpaired) electrons. The molecular formula is C14H14F2N2O2S. The first kappa shape index (κ1) is 15.4. The van der Waals surface area contributed by atoms with E-state index in [2.05, 4.69) is 10.6 Å². The number of hydrogen-bond acceptors (Lipinski definition) is 3. The van der Waals surface area contributed by atoms with Gasteiger partial charge in [-0.2, -0.15) is 0 Å². The summed E-state index contributed by atoms with van der Waals surface area (Å²) >= 11 is 5.08. The van der Waals surface area contributed by atoms with Crippen LogP contribution in [0.4, 0.5) is 8.78 Å². The Labute approximate surface area is 126 Å². The maximum absolute atomic E-state index is 13.4. The SMILES string of the molecule is CCC1=C(C(=O)OC)[C@H](c2ccc(F)c(F)c2)NC(=S)N1. The van der Waals surface area contributed by atoms with E-state index in [1.54, 1.807) is 0 Å². The molecule has 1 heterocycles. The van der Waals surface area contributed by atoms with Crippen LogP contribution in [0.25, 0.3) is 0 Å². The van der Waals surface area contributed by atoms with Crippen LogP contribution in [0.3, 0.4) is 0 Å². The second-order valence-corrected chi connectivity index (χ2v) is 4.85. The number of thiocarbonyl (C=S) groups is 1. The van der Waals surface area contributed by atoms with E-state index in [0.717, 1.165) is 12.1 Å². The maximum atomic E-state index is 13.4. The minimum Gasteiger partial charge on any atom is -0.466 e. The number of halogens is 2. The van der Waals surface area contributed by atoms with Crippen molar-refractivity contribution >= 4 is 23.3 Å². The number of hydrogen-bond donors (Lipinski definition) is 2. The van der Waals surface area contributed by atoms with Crippen LogP contribution in [-0.4, -0.2) is 18.2 Å². The number of rotatable bonds is 3. The fraction of sp³-hybridized carbons (Fsp3) is 0.286. The summed E-state index contributed by atoms with van der Waals surface area (Å²) in [6.45, 7) is 1.85.